The molecule has 0 saturated carbocycles. The van der Waals surface area contributed by atoms with Crippen LogP contribution in [0.3, 0.4) is 0 Å². The van der Waals surface area contributed by atoms with Gasteiger partial charge in [-0.1, -0.05) is 12.1 Å². The number of carbonyl (C=O) groups is 2. The van der Waals surface area contributed by atoms with Crippen molar-refractivity contribution >= 4 is 23.2 Å². The molecule has 1 aromatic carbocycles. The third kappa shape index (κ3) is 5.16. The molecule has 11 heteroatoms. The van der Waals surface area contributed by atoms with Gasteiger partial charge in [0.15, 0.2) is 11.6 Å². The summed E-state index contributed by atoms with van der Waals surface area (Å²) in [6, 6.07) is 6.36. The summed E-state index contributed by atoms with van der Waals surface area (Å²) in [5.74, 6) is -0.151. The number of likely N-dealkylation sites (tertiary alicyclic amines) is 1. The summed E-state index contributed by atoms with van der Waals surface area (Å²) in [7, 11) is 5.31. The number of para-hydroxylation sites is 1. The van der Waals surface area contributed by atoms with Gasteiger partial charge in [0.1, 0.15) is 5.82 Å². The fourth-order valence-corrected chi connectivity index (χ4v) is 5.46. The third-order valence-corrected chi connectivity index (χ3v) is 7.57. The van der Waals surface area contributed by atoms with Crippen LogP contribution in [-0.2, 0) is 10.2 Å². The number of rotatable bonds is 7. The number of hydrogen-bond donors (Lipinski definition) is 3. The number of aromatic nitrogens is 3. The molecular formula is C29H34FN7O3. The van der Waals surface area contributed by atoms with Crippen molar-refractivity contribution in [2.75, 3.05) is 52.7 Å². The van der Waals surface area contributed by atoms with Crippen LogP contribution in [0.25, 0.3) is 11.4 Å². The number of H-pyrrole nitrogens is 1. The molecule has 2 aliphatic heterocycles. The van der Waals surface area contributed by atoms with Gasteiger partial charge in [-0.25, -0.2) is 14.4 Å². The van der Waals surface area contributed by atoms with E-state index in [0.29, 0.717) is 73.2 Å². The van der Waals surface area contributed by atoms with Crippen LogP contribution in [0.5, 0.6) is 5.75 Å². The first-order valence-electron chi connectivity index (χ1n) is 13.3. The summed E-state index contributed by atoms with van der Waals surface area (Å²) >= 11 is 0. The van der Waals surface area contributed by atoms with Crippen molar-refractivity contribution in [3.63, 3.8) is 0 Å². The minimum Gasteiger partial charge on any atom is -0.492 e. The molecule has 1 fully saturated rings. The Kier molecular flexibility index (Phi) is 7.57. The Balaban J connectivity index is 1.54. The third-order valence-electron chi connectivity index (χ3n) is 7.57. The number of hydrogen-bond acceptors (Lipinski definition) is 7. The van der Waals surface area contributed by atoms with E-state index < -0.39 is 11.2 Å². The SMILES string of the molecule is COc1c(F)cccc1Nc1c(-c2ccnc(C)n2)[nH]c2c1C(=O)NCC21CCN(C(=O)/C=C/CN(C)C)CC1. The lowest BCUT2D eigenvalue weighted by Gasteiger charge is -2.43. The molecule has 0 unspecified atom stereocenters. The van der Waals surface area contributed by atoms with Gasteiger partial charge in [0.25, 0.3) is 5.91 Å². The molecule has 4 heterocycles. The Labute approximate surface area is 232 Å². The molecule has 3 aromatic rings. The van der Waals surface area contributed by atoms with Crippen LogP contribution in [0.15, 0.2) is 42.6 Å². The van der Waals surface area contributed by atoms with E-state index in [1.807, 2.05) is 30.0 Å². The van der Waals surface area contributed by atoms with E-state index in [0.717, 1.165) is 5.69 Å². The molecule has 10 nitrogen and oxygen atoms in total. The van der Waals surface area contributed by atoms with E-state index in [9.17, 15) is 14.0 Å². The highest BCUT2D eigenvalue weighted by atomic mass is 19.1. The van der Waals surface area contributed by atoms with Gasteiger partial charge in [0.05, 0.1) is 35.4 Å². The second kappa shape index (κ2) is 11.1. The number of nitrogens with zero attached hydrogens (tertiary/aromatic N) is 4. The predicted octanol–water partition coefficient (Wildman–Crippen LogP) is 3.39. The summed E-state index contributed by atoms with van der Waals surface area (Å²) in [5, 5.41) is 6.35. The number of fused-ring (bicyclic) bond motifs is 2. The second-order valence-electron chi connectivity index (χ2n) is 10.5. The molecule has 3 N–H and O–H groups in total. The highest BCUT2D eigenvalue weighted by molar-refractivity contribution is 6.06. The lowest BCUT2D eigenvalue weighted by Crippen LogP contribution is -2.53. The van der Waals surface area contributed by atoms with Crippen LogP contribution >= 0.6 is 0 Å². The molecule has 0 radical (unpaired) electrons. The lowest BCUT2D eigenvalue weighted by molar-refractivity contribution is -0.127. The van der Waals surface area contributed by atoms with Crippen LogP contribution < -0.4 is 15.4 Å². The number of anilines is 2. The van der Waals surface area contributed by atoms with E-state index in [1.54, 1.807) is 37.4 Å². The van der Waals surface area contributed by atoms with E-state index in [-0.39, 0.29) is 17.6 Å². The standard InChI is InChI=1S/C29H34FN7O3/c1-18-31-13-10-20(33-18)24-25(34-21-8-5-7-19(30)26(21)40-4)23-27(35-24)29(17-32-28(23)39)11-15-37(16-12-29)22(38)9-6-14-36(2)3/h5-10,13,34-35H,11-12,14-17H2,1-4H3,(H,32,39)/b9-6+. The Hall–Kier alpha value is -4.25. The van der Waals surface area contributed by atoms with Crippen molar-refractivity contribution < 1.29 is 18.7 Å². The van der Waals surface area contributed by atoms with Crippen molar-refractivity contribution in [2.45, 2.75) is 25.2 Å². The van der Waals surface area contributed by atoms with Crippen LogP contribution in [0, 0.1) is 12.7 Å². The smallest absolute Gasteiger partial charge is 0.255 e. The van der Waals surface area contributed by atoms with Crippen molar-refractivity contribution in [1.29, 1.82) is 0 Å². The lowest BCUT2D eigenvalue weighted by atomic mass is 9.72. The number of methoxy groups -OCH3 is 1. The van der Waals surface area contributed by atoms with Gasteiger partial charge in [-0.05, 0) is 52.1 Å². The second-order valence-corrected chi connectivity index (χ2v) is 10.5. The van der Waals surface area contributed by atoms with Gasteiger partial charge in [0, 0.05) is 49.6 Å². The number of amides is 2. The van der Waals surface area contributed by atoms with Crippen LogP contribution in [0.1, 0.15) is 34.7 Å². The molecule has 1 spiro atoms. The maximum Gasteiger partial charge on any atom is 0.255 e. The highest BCUT2D eigenvalue weighted by Crippen LogP contribution is 2.46. The van der Waals surface area contributed by atoms with Crippen LogP contribution in [0.2, 0.25) is 0 Å². The van der Waals surface area contributed by atoms with Gasteiger partial charge in [-0.3, -0.25) is 9.59 Å². The van der Waals surface area contributed by atoms with Crippen molar-refractivity contribution in [1.82, 2.24) is 30.1 Å². The molecule has 210 valence electrons. The summed E-state index contributed by atoms with van der Waals surface area (Å²) in [5.41, 5.74) is 2.90. The number of ether oxygens (including phenoxy) is 1. The maximum atomic E-state index is 14.6. The Bertz CT molecular complexity index is 1460. The number of aryl methyl sites for hydroxylation is 1. The van der Waals surface area contributed by atoms with E-state index in [4.69, 9.17) is 4.74 Å². The highest BCUT2D eigenvalue weighted by Gasteiger charge is 2.46. The van der Waals surface area contributed by atoms with E-state index in [1.165, 1.54) is 13.2 Å². The average molecular weight is 548 g/mol. The Morgan fingerprint density at radius 2 is 2.05 bits per heavy atom. The topological polar surface area (TPSA) is 115 Å². The number of nitrogens with one attached hydrogen (secondary N) is 3. The first-order valence-corrected chi connectivity index (χ1v) is 13.3. The van der Waals surface area contributed by atoms with E-state index in [2.05, 4.69) is 25.6 Å². The minimum absolute atomic E-state index is 0.0130. The first-order chi connectivity index (χ1) is 19.2. The molecule has 1 saturated heterocycles. The number of piperidine rings is 1. The number of halogens is 1. The monoisotopic (exact) mass is 547 g/mol. The molecule has 2 aromatic heterocycles. The van der Waals surface area contributed by atoms with Gasteiger partial charge < -0.3 is 30.2 Å². The molecule has 2 aliphatic rings. The van der Waals surface area contributed by atoms with Gasteiger partial charge >= 0.3 is 0 Å². The zero-order valence-corrected chi connectivity index (χ0v) is 23.2. The summed E-state index contributed by atoms with van der Waals surface area (Å²) in [4.78, 5) is 42.4. The molecule has 0 aliphatic carbocycles. The first kappa shape index (κ1) is 27.3. The summed E-state index contributed by atoms with van der Waals surface area (Å²) in [6.07, 6.45) is 6.49. The van der Waals surface area contributed by atoms with E-state index >= 15 is 0 Å². The molecule has 40 heavy (non-hydrogen) atoms. The quantitative estimate of drug-likeness (QED) is 0.389. The molecule has 5 rings (SSSR count). The largest absolute Gasteiger partial charge is 0.492 e. The Morgan fingerprint density at radius 1 is 1.27 bits per heavy atom. The number of aromatic amines is 1. The van der Waals surface area contributed by atoms with Crippen molar-refractivity contribution in [2.24, 2.45) is 0 Å². The zero-order valence-electron chi connectivity index (χ0n) is 23.2. The molecular weight excluding hydrogens is 513 g/mol. The number of carbonyl (C=O) groups excluding carboxylic acids is 2. The van der Waals surface area contributed by atoms with Gasteiger partial charge in [0.2, 0.25) is 5.91 Å². The minimum atomic E-state index is -0.520. The predicted molar refractivity (Wildman–Crippen MR) is 150 cm³/mol. The van der Waals surface area contributed by atoms with Crippen molar-refractivity contribution in [3.8, 4) is 17.1 Å². The van der Waals surface area contributed by atoms with Crippen LogP contribution in [-0.4, -0.2) is 84.0 Å². The normalized spacial score (nSPS) is 16.4. The number of likely N-dealkylation sites (N-methyl/N-ethyl adjacent to an activating group) is 1. The molecule has 0 bridgehead atoms. The van der Waals surface area contributed by atoms with Gasteiger partial charge in [-0.15, -0.1) is 0 Å². The zero-order chi connectivity index (χ0) is 28.4. The summed E-state index contributed by atoms with van der Waals surface area (Å²) in [6.45, 7) is 4.05. The Morgan fingerprint density at radius 3 is 2.75 bits per heavy atom. The average Bonchev–Trinajstić information content (AvgIpc) is 3.32. The van der Waals surface area contributed by atoms with Crippen molar-refractivity contribution in [3.05, 3.63) is 65.5 Å². The molecule has 2 amide bonds. The van der Waals surface area contributed by atoms with Crippen LogP contribution in [0.4, 0.5) is 15.8 Å². The fraction of sp³-hybridized carbons (Fsp3) is 0.379. The number of benzene rings is 1. The van der Waals surface area contributed by atoms with Gasteiger partial charge in [-0.2, -0.15) is 0 Å². The maximum absolute atomic E-state index is 14.6. The fourth-order valence-electron chi connectivity index (χ4n) is 5.46. The summed E-state index contributed by atoms with van der Waals surface area (Å²) < 4.78 is 19.9. The molecule has 0 atom stereocenters.